The van der Waals surface area contributed by atoms with E-state index in [1.165, 1.54) is 4.88 Å². The Kier molecular flexibility index (Phi) is 8.39. The summed E-state index contributed by atoms with van der Waals surface area (Å²) < 4.78 is 11.5. The molecule has 2 heterocycles. The molecule has 174 valence electrons. The molecule has 0 radical (unpaired) electrons. The lowest BCUT2D eigenvalue weighted by Crippen LogP contribution is -2.52. The van der Waals surface area contributed by atoms with Crippen molar-refractivity contribution in [2.75, 3.05) is 33.4 Å². The zero-order valence-electron chi connectivity index (χ0n) is 19.3. The van der Waals surface area contributed by atoms with E-state index >= 15 is 0 Å². The molecule has 1 aromatic heterocycles. The van der Waals surface area contributed by atoms with Crippen LogP contribution in [0.2, 0.25) is 0 Å². The van der Waals surface area contributed by atoms with E-state index in [4.69, 9.17) is 9.47 Å². The number of ether oxygens (including phenoxy) is 2. The first kappa shape index (κ1) is 23.9. The molecule has 8 heteroatoms. The number of carbonyl (C=O) groups excluding carboxylic acids is 2. The van der Waals surface area contributed by atoms with Crippen molar-refractivity contribution >= 4 is 23.3 Å². The van der Waals surface area contributed by atoms with E-state index < -0.39 is 0 Å². The highest BCUT2D eigenvalue weighted by molar-refractivity contribution is 7.10. The molecule has 2 aromatic rings. The molecule has 0 spiro atoms. The third kappa shape index (κ3) is 5.35. The summed E-state index contributed by atoms with van der Waals surface area (Å²) in [6.07, 6.45) is 1.59. The van der Waals surface area contributed by atoms with Crippen LogP contribution < -0.4 is 14.8 Å². The van der Waals surface area contributed by atoms with Gasteiger partial charge in [-0.3, -0.25) is 4.79 Å². The van der Waals surface area contributed by atoms with Crippen LogP contribution in [0.5, 0.6) is 11.5 Å². The normalized spacial score (nSPS) is 16.1. The van der Waals surface area contributed by atoms with E-state index in [0.717, 1.165) is 18.4 Å². The molecule has 1 aliphatic heterocycles. The van der Waals surface area contributed by atoms with Gasteiger partial charge in [0.15, 0.2) is 11.5 Å². The van der Waals surface area contributed by atoms with Crippen LogP contribution in [0.25, 0.3) is 0 Å². The minimum Gasteiger partial charge on any atom is -0.493 e. The molecular formula is C24H33N3O4S. The highest BCUT2D eigenvalue weighted by Gasteiger charge is 2.34. The average molecular weight is 460 g/mol. The molecule has 0 aliphatic carbocycles. The summed E-state index contributed by atoms with van der Waals surface area (Å²) in [5, 5.41) is 4.89. The van der Waals surface area contributed by atoms with E-state index in [1.54, 1.807) is 23.3 Å². The van der Waals surface area contributed by atoms with Crippen LogP contribution in [0.3, 0.4) is 0 Å². The number of methoxy groups -OCH3 is 1. The summed E-state index contributed by atoms with van der Waals surface area (Å²) >= 11 is 1.71. The number of para-hydroxylation sites is 2. The second-order valence-electron chi connectivity index (χ2n) is 7.83. The third-order valence-electron chi connectivity index (χ3n) is 5.90. The molecule has 32 heavy (non-hydrogen) atoms. The number of nitrogens with one attached hydrogen (secondary N) is 1. The number of nitrogens with zero attached hydrogens (tertiary/aromatic N) is 2. The van der Waals surface area contributed by atoms with Crippen LogP contribution in [0.15, 0.2) is 35.7 Å². The zero-order valence-corrected chi connectivity index (χ0v) is 20.1. The number of carbonyl (C=O) groups is 2. The highest BCUT2D eigenvalue weighted by Crippen LogP contribution is 2.35. The Balaban J connectivity index is 1.80. The van der Waals surface area contributed by atoms with Crippen molar-refractivity contribution in [3.05, 3.63) is 46.2 Å². The molecule has 1 aromatic carbocycles. The van der Waals surface area contributed by atoms with Crippen molar-refractivity contribution in [1.82, 2.24) is 15.1 Å². The zero-order chi connectivity index (χ0) is 23.1. The van der Waals surface area contributed by atoms with Crippen molar-refractivity contribution < 1.29 is 19.1 Å². The molecule has 1 aliphatic rings. The summed E-state index contributed by atoms with van der Waals surface area (Å²) in [5.41, 5.74) is 1.12. The largest absolute Gasteiger partial charge is 0.493 e. The summed E-state index contributed by atoms with van der Waals surface area (Å²) in [6, 6.07) is 9.13. The van der Waals surface area contributed by atoms with Gasteiger partial charge in [0.1, 0.15) is 13.2 Å². The predicted octanol–water partition coefficient (Wildman–Crippen LogP) is 4.09. The summed E-state index contributed by atoms with van der Waals surface area (Å²) in [7, 11) is 1.61. The van der Waals surface area contributed by atoms with Crippen LogP contribution in [-0.2, 0) is 11.2 Å². The quantitative estimate of drug-likeness (QED) is 0.613. The van der Waals surface area contributed by atoms with E-state index in [9.17, 15) is 9.59 Å². The molecule has 1 N–H and O–H groups in total. The van der Waals surface area contributed by atoms with Gasteiger partial charge in [0.25, 0.3) is 0 Å². The lowest BCUT2D eigenvalue weighted by Gasteiger charge is -2.38. The first-order valence-electron chi connectivity index (χ1n) is 11.2. The minimum absolute atomic E-state index is 0.0321. The fourth-order valence-corrected chi connectivity index (χ4v) is 4.85. The molecule has 7 nitrogen and oxygen atoms in total. The summed E-state index contributed by atoms with van der Waals surface area (Å²) in [5.74, 6) is 1.24. The molecule has 3 amide bonds. The van der Waals surface area contributed by atoms with Crippen LogP contribution in [-0.4, -0.2) is 61.1 Å². The number of hydrogen-bond donors (Lipinski definition) is 1. The van der Waals surface area contributed by atoms with Crippen LogP contribution in [0, 0.1) is 0 Å². The Hall–Kier alpha value is -2.74. The van der Waals surface area contributed by atoms with Gasteiger partial charge in [0.2, 0.25) is 5.91 Å². The van der Waals surface area contributed by atoms with E-state index in [-0.39, 0.29) is 30.6 Å². The topological polar surface area (TPSA) is 71.1 Å². The second-order valence-corrected chi connectivity index (χ2v) is 8.84. The Morgan fingerprint density at radius 2 is 2.00 bits per heavy atom. The minimum atomic E-state index is -0.213. The van der Waals surface area contributed by atoms with Gasteiger partial charge in [0.05, 0.1) is 13.2 Å². The lowest BCUT2D eigenvalue weighted by atomic mass is 10.00. The Morgan fingerprint density at radius 3 is 2.69 bits per heavy atom. The average Bonchev–Trinajstić information content (AvgIpc) is 3.29. The fourth-order valence-electron chi connectivity index (χ4n) is 3.92. The smallest absolute Gasteiger partial charge is 0.318 e. The van der Waals surface area contributed by atoms with Gasteiger partial charge in [0, 0.05) is 24.0 Å². The number of amides is 3. The van der Waals surface area contributed by atoms with Crippen molar-refractivity contribution in [3.8, 4) is 11.5 Å². The number of benzene rings is 1. The predicted molar refractivity (Wildman–Crippen MR) is 126 cm³/mol. The SMILES string of the molecule is CCNC(=O)N(CC(=O)N1CCc2sccc2[C@@H]1COc1ccccc1OC)[C@H](C)CC. The maximum atomic E-state index is 13.4. The van der Waals surface area contributed by atoms with Gasteiger partial charge in [-0.15, -0.1) is 11.3 Å². The van der Waals surface area contributed by atoms with Gasteiger partial charge in [-0.05, 0) is 55.8 Å². The molecule has 0 fully saturated rings. The van der Waals surface area contributed by atoms with E-state index in [2.05, 4.69) is 16.8 Å². The maximum Gasteiger partial charge on any atom is 0.318 e. The molecule has 0 saturated heterocycles. The number of thiophene rings is 1. The lowest BCUT2D eigenvalue weighted by molar-refractivity contribution is -0.135. The van der Waals surface area contributed by atoms with Crippen LogP contribution in [0.4, 0.5) is 4.79 Å². The van der Waals surface area contributed by atoms with Gasteiger partial charge in [-0.2, -0.15) is 0 Å². The molecular weight excluding hydrogens is 426 g/mol. The first-order valence-corrected chi connectivity index (χ1v) is 12.0. The number of fused-ring (bicyclic) bond motifs is 1. The van der Waals surface area contributed by atoms with Crippen molar-refractivity contribution in [1.29, 1.82) is 0 Å². The van der Waals surface area contributed by atoms with Crippen molar-refractivity contribution in [2.24, 2.45) is 0 Å². The monoisotopic (exact) mass is 459 g/mol. The molecule has 0 saturated carbocycles. The van der Waals surface area contributed by atoms with Gasteiger partial charge in [-0.25, -0.2) is 4.79 Å². The maximum absolute atomic E-state index is 13.4. The first-order chi connectivity index (χ1) is 15.5. The highest BCUT2D eigenvalue weighted by atomic mass is 32.1. The van der Waals surface area contributed by atoms with Gasteiger partial charge >= 0.3 is 6.03 Å². The van der Waals surface area contributed by atoms with E-state index in [0.29, 0.717) is 31.2 Å². The molecule has 0 unspecified atom stereocenters. The number of rotatable bonds is 9. The molecule has 2 atom stereocenters. The fraction of sp³-hybridized carbons (Fsp3) is 0.500. The number of urea groups is 1. The Morgan fingerprint density at radius 1 is 1.25 bits per heavy atom. The standard InChI is InChI=1S/C24H33N3O4S/c1-5-17(3)27(24(29)25-6-2)15-23(28)26-13-11-22-18(12-14-32-22)19(26)16-31-21-10-8-7-9-20(21)30-4/h7-10,12,14,17,19H,5-6,11,13,15-16H2,1-4H3,(H,25,29)/t17-,19+/m1/s1. The molecule has 3 rings (SSSR count). The molecule has 0 bridgehead atoms. The number of hydrogen-bond acceptors (Lipinski definition) is 5. The van der Waals surface area contributed by atoms with Crippen molar-refractivity contribution in [2.45, 2.75) is 45.7 Å². The third-order valence-corrected chi connectivity index (χ3v) is 6.89. The Bertz CT molecular complexity index is 916. The second kappa shape index (κ2) is 11.2. The van der Waals surface area contributed by atoms with Crippen LogP contribution >= 0.6 is 11.3 Å². The summed E-state index contributed by atoms with van der Waals surface area (Å²) in [6.45, 7) is 7.36. The van der Waals surface area contributed by atoms with Gasteiger partial charge in [-0.1, -0.05) is 19.1 Å². The van der Waals surface area contributed by atoms with E-state index in [1.807, 2.05) is 49.9 Å². The van der Waals surface area contributed by atoms with Crippen molar-refractivity contribution in [3.63, 3.8) is 0 Å². The van der Waals surface area contributed by atoms with Gasteiger partial charge < -0.3 is 24.6 Å². The Labute approximate surface area is 194 Å². The summed E-state index contributed by atoms with van der Waals surface area (Å²) in [4.78, 5) is 30.8. The van der Waals surface area contributed by atoms with Crippen LogP contribution in [0.1, 0.15) is 43.7 Å².